The summed E-state index contributed by atoms with van der Waals surface area (Å²) in [6, 6.07) is 6.94. The summed E-state index contributed by atoms with van der Waals surface area (Å²) in [5, 5.41) is 18.6. The molecule has 1 aromatic carbocycles. The van der Waals surface area contributed by atoms with Gasteiger partial charge in [0, 0.05) is 6.61 Å². The summed E-state index contributed by atoms with van der Waals surface area (Å²) in [6.07, 6.45) is 0. The maximum Gasteiger partial charge on any atom is 0.353 e. The Labute approximate surface area is 182 Å². The Balaban J connectivity index is 1.67. The summed E-state index contributed by atoms with van der Waals surface area (Å²) in [5.74, 6) is -1.11. The molecular formula is C21H29NO6SSi. The lowest BCUT2D eigenvalue weighted by Gasteiger charge is -2.44. The van der Waals surface area contributed by atoms with E-state index in [1.807, 2.05) is 0 Å². The van der Waals surface area contributed by atoms with Gasteiger partial charge in [0.15, 0.2) is 8.32 Å². The van der Waals surface area contributed by atoms with Gasteiger partial charge in [-0.05, 0) is 35.8 Å². The van der Waals surface area contributed by atoms with Crippen LogP contribution in [0, 0.1) is 5.92 Å². The fraction of sp³-hybridized carbons (Fsp3) is 0.524. The van der Waals surface area contributed by atoms with E-state index >= 15 is 0 Å². The quantitative estimate of drug-likeness (QED) is 0.462. The molecule has 2 aliphatic rings. The minimum absolute atomic E-state index is 0.00514. The van der Waals surface area contributed by atoms with E-state index in [0.29, 0.717) is 17.3 Å². The molecule has 0 spiro atoms. The van der Waals surface area contributed by atoms with Gasteiger partial charge < -0.3 is 19.4 Å². The van der Waals surface area contributed by atoms with Crippen LogP contribution in [0.5, 0.6) is 5.75 Å². The van der Waals surface area contributed by atoms with Gasteiger partial charge in [-0.25, -0.2) is 4.79 Å². The van der Waals surface area contributed by atoms with Crippen LogP contribution in [0.1, 0.15) is 26.3 Å². The first-order valence-electron chi connectivity index (χ1n) is 9.89. The van der Waals surface area contributed by atoms with E-state index in [9.17, 15) is 14.7 Å². The van der Waals surface area contributed by atoms with Crippen molar-refractivity contribution in [1.29, 1.82) is 0 Å². The number of carbonyl (C=O) groups excluding carboxylic acids is 1. The first-order valence-corrected chi connectivity index (χ1v) is 13.7. The van der Waals surface area contributed by atoms with Crippen molar-refractivity contribution in [3.05, 3.63) is 40.4 Å². The van der Waals surface area contributed by atoms with Crippen LogP contribution < -0.4 is 4.74 Å². The molecule has 0 bridgehead atoms. The number of aliphatic carboxylic acids is 1. The number of thioether (sulfide) groups is 1. The molecule has 2 heterocycles. The van der Waals surface area contributed by atoms with Gasteiger partial charge in [-0.15, -0.1) is 0 Å². The van der Waals surface area contributed by atoms with Crippen LogP contribution in [0.15, 0.2) is 34.9 Å². The number of carbonyl (C=O) groups is 2. The summed E-state index contributed by atoms with van der Waals surface area (Å²) >= 11 is 1.37. The number of carboxylic acids is 1. The predicted molar refractivity (Wildman–Crippen MR) is 117 cm³/mol. The highest BCUT2D eigenvalue weighted by Gasteiger charge is 2.56. The molecule has 0 unspecified atom stereocenters. The molecule has 0 radical (unpaired) electrons. The molecule has 2 aliphatic heterocycles. The van der Waals surface area contributed by atoms with Gasteiger partial charge >= 0.3 is 5.97 Å². The van der Waals surface area contributed by atoms with E-state index in [2.05, 4.69) is 33.9 Å². The minimum atomic E-state index is -2.00. The van der Waals surface area contributed by atoms with Crippen LogP contribution in [-0.4, -0.2) is 53.9 Å². The van der Waals surface area contributed by atoms with Crippen LogP contribution in [0.4, 0.5) is 0 Å². The first kappa shape index (κ1) is 22.9. The first-order chi connectivity index (χ1) is 14.0. The van der Waals surface area contributed by atoms with Gasteiger partial charge in [0.05, 0.1) is 17.4 Å². The molecule has 1 fully saturated rings. The standard InChI is InChI=1S/C21H29NO6SSi/c1-21(2,3)30(4,5)28-11-15-18(24)22-17(20(25)26)16(29-19(15)22)12-27-14-8-6-13(10-23)7-9-14/h6-9,15,19,23H,10-12H2,1-5H3,(H,25,26)/t15-,19+/m0/s1. The van der Waals surface area contributed by atoms with Crippen molar-refractivity contribution in [2.24, 2.45) is 5.92 Å². The van der Waals surface area contributed by atoms with Crippen molar-refractivity contribution in [2.45, 2.75) is 50.9 Å². The number of fused-ring (bicyclic) bond motifs is 1. The highest BCUT2D eigenvalue weighted by molar-refractivity contribution is 8.04. The molecule has 0 aliphatic carbocycles. The highest BCUT2D eigenvalue weighted by Crippen LogP contribution is 2.50. The van der Waals surface area contributed by atoms with Gasteiger partial charge in [0.25, 0.3) is 0 Å². The maximum atomic E-state index is 12.7. The van der Waals surface area contributed by atoms with Gasteiger partial charge in [-0.3, -0.25) is 9.69 Å². The van der Waals surface area contributed by atoms with Crippen molar-refractivity contribution in [2.75, 3.05) is 13.2 Å². The summed E-state index contributed by atoms with van der Waals surface area (Å²) in [4.78, 5) is 26.4. The molecule has 0 saturated carbocycles. The molecule has 1 saturated heterocycles. The molecule has 1 amide bonds. The van der Waals surface area contributed by atoms with Gasteiger partial charge in [0.1, 0.15) is 23.4 Å². The summed E-state index contributed by atoms with van der Waals surface area (Å²) in [7, 11) is -2.00. The van der Waals surface area contributed by atoms with Gasteiger partial charge in [-0.2, -0.15) is 0 Å². The van der Waals surface area contributed by atoms with E-state index in [1.165, 1.54) is 16.7 Å². The summed E-state index contributed by atoms with van der Waals surface area (Å²) in [6.45, 7) is 11.0. The Morgan fingerprint density at radius 2 is 1.87 bits per heavy atom. The Morgan fingerprint density at radius 1 is 1.23 bits per heavy atom. The number of hydrogen-bond donors (Lipinski definition) is 2. The zero-order valence-corrected chi connectivity index (χ0v) is 19.8. The number of ether oxygens (including phenoxy) is 1. The Morgan fingerprint density at radius 3 is 2.40 bits per heavy atom. The lowest BCUT2D eigenvalue weighted by atomic mass is 9.98. The second-order valence-corrected chi connectivity index (χ2v) is 15.1. The molecule has 3 rings (SSSR count). The van der Waals surface area contributed by atoms with Crippen LogP contribution in [-0.2, 0) is 20.6 Å². The Bertz CT molecular complexity index is 861. The smallest absolute Gasteiger partial charge is 0.353 e. The number of aliphatic hydroxyl groups is 1. The molecule has 2 N–H and O–H groups in total. The number of hydrogen-bond acceptors (Lipinski definition) is 6. The lowest BCUT2D eigenvalue weighted by molar-refractivity contribution is -0.153. The largest absolute Gasteiger partial charge is 0.488 e. The van der Waals surface area contributed by atoms with E-state index in [4.69, 9.17) is 14.3 Å². The second-order valence-electron chi connectivity index (χ2n) is 9.06. The van der Waals surface area contributed by atoms with E-state index in [-0.39, 0.29) is 41.1 Å². The number of nitrogens with zero attached hydrogens (tertiary/aromatic N) is 1. The molecule has 1 aromatic rings. The van der Waals surface area contributed by atoms with Crippen LogP contribution in [0.25, 0.3) is 0 Å². The van der Waals surface area contributed by atoms with Crippen molar-refractivity contribution >= 4 is 32.0 Å². The number of β-lactam (4-membered cyclic amide) rings is 1. The third kappa shape index (κ3) is 4.30. The SMILES string of the molecule is CC(C)(C)[Si](C)(C)OC[C@H]1C(=O)N2C(C(=O)O)=C(COc3ccc(CO)cc3)S[C@H]12. The topological polar surface area (TPSA) is 96.3 Å². The average Bonchev–Trinajstić information content (AvgIpc) is 3.01. The van der Waals surface area contributed by atoms with E-state index < -0.39 is 14.3 Å². The van der Waals surface area contributed by atoms with Gasteiger partial charge in [0.2, 0.25) is 5.91 Å². The molecule has 164 valence electrons. The van der Waals surface area contributed by atoms with Crippen molar-refractivity contribution < 1.29 is 29.0 Å². The third-order valence-corrected chi connectivity index (χ3v) is 11.9. The number of amides is 1. The van der Waals surface area contributed by atoms with Crippen molar-refractivity contribution in [3.8, 4) is 5.75 Å². The Hall–Kier alpha value is -1.81. The number of benzene rings is 1. The van der Waals surface area contributed by atoms with E-state index in [1.54, 1.807) is 24.3 Å². The third-order valence-electron chi connectivity index (χ3n) is 6.03. The van der Waals surface area contributed by atoms with Crippen LogP contribution in [0.3, 0.4) is 0 Å². The fourth-order valence-corrected chi connectivity index (χ4v) is 5.48. The fourth-order valence-electron chi connectivity index (χ4n) is 3.06. The highest BCUT2D eigenvalue weighted by atomic mass is 32.2. The summed E-state index contributed by atoms with van der Waals surface area (Å²) in [5.41, 5.74) is 0.771. The Kier molecular flexibility index (Phi) is 6.38. The van der Waals surface area contributed by atoms with Gasteiger partial charge in [-0.1, -0.05) is 44.7 Å². The zero-order chi connectivity index (χ0) is 22.3. The molecule has 2 atom stereocenters. The summed E-state index contributed by atoms with van der Waals surface area (Å²) < 4.78 is 12.0. The second kappa shape index (κ2) is 8.37. The number of carboxylic acid groups (broad SMARTS) is 1. The molecular weight excluding hydrogens is 422 g/mol. The maximum absolute atomic E-state index is 12.7. The zero-order valence-electron chi connectivity index (χ0n) is 18.0. The molecule has 9 heteroatoms. The van der Waals surface area contributed by atoms with Crippen LogP contribution >= 0.6 is 11.8 Å². The van der Waals surface area contributed by atoms with Crippen LogP contribution in [0.2, 0.25) is 18.1 Å². The number of aliphatic hydroxyl groups excluding tert-OH is 1. The monoisotopic (exact) mass is 451 g/mol. The van der Waals surface area contributed by atoms with Crippen molar-refractivity contribution in [3.63, 3.8) is 0 Å². The van der Waals surface area contributed by atoms with E-state index in [0.717, 1.165) is 5.56 Å². The lowest BCUT2D eigenvalue weighted by Crippen LogP contribution is -2.60. The normalized spacial score (nSPS) is 21.5. The molecule has 7 nitrogen and oxygen atoms in total. The predicted octanol–water partition coefficient (Wildman–Crippen LogP) is 3.41. The minimum Gasteiger partial charge on any atom is -0.488 e. The number of rotatable bonds is 8. The van der Waals surface area contributed by atoms with Crippen molar-refractivity contribution in [1.82, 2.24) is 4.90 Å². The molecule has 0 aromatic heterocycles. The molecule has 30 heavy (non-hydrogen) atoms. The average molecular weight is 452 g/mol.